The van der Waals surface area contributed by atoms with Crippen molar-refractivity contribution in [2.24, 2.45) is 5.41 Å². The molecule has 0 aromatic rings. The maximum atomic E-state index is 13.3. The molecule has 2 aliphatic rings. The van der Waals surface area contributed by atoms with Gasteiger partial charge in [-0.1, -0.05) is 25.6 Å². The van der Waals surface area contributed by atoms with E-state index in [9.17, 15) is 23.1 Å². The van der Waals surface area contributed by atoms with Crippen LogP contribution >= 0.6 is 11.8 Å². The number of fused-ring (bicyclic) bond motifs is 2. The average molecular weight is 314 g/mol. The topological polar surface area (TPSA) is 55.8 Å². The van der Waals surface area contributed by atoms with E-state index in [1.165, 1.54) is 0 Å². The first-order valence-electron chi connectivity index (χ1n) is 6.27. The van der Waals surface area contributed by atoms with Crippen LogP contribution in [-0.4, -0.2) is 46.2 Å². The summed E-state index contributed by atoms with van der Waals surface area (Å²) in [6.45, 7) is 4.52. The first-order chi connectivity index (χ1) is 8.99. The second-order valence-corrected chi connectivity index (χ2v) is 7.14. The van der Waals surface area contributed by atoms with Gasteiger partial charge in [0.2, 0.25) is 4.93 Å². The minimum Gasteiger partial charge on any atom is -0.465 e. The van der Waals surface area contributed by atoms with Crippen molar-refractivity contribution < 1.29 is 32.5 Å². The summed E-state index contributed by atoms with van der Waals surface area (Å²) in [5, 5.41) is 9.43. The summed E-state index contributed by atoms with van der Waals surface area (Å²) in [7, 11) is 0. The highest BCUT2D eigenvalue weighted by Crippen LogP contribution is 2.64. The van der Waals surface area contributed by atoms with Gasteiger partial charge in [0.05, 0.1) is 18.8 Å². The summed E-state index contributed by atoms with van der Waals surface area (Å²) in [6, 6.07) is 0. The molecule has 4 nitrogen and oxygen atoms in total. The highest BCUT2D eigenvalue weighted by atomic mass is 32.2. The minimum absolute atomic E-state index is 0.0479. The lowest BCUT2D eigenvalue weighted by Gasteiger charge is -2.47. The third-order valence-corrected chi connectivity index (χ3v) is 5.71. The number of esters is 1. The van der Waals surface area contributed by atoms with E-state index in [0.29, 0.717) is 11.8 Å². The number of thioether (sulfide) groups is 1. The van der Waals surface area contributed by atoms with E-state index in [1.807, 2.05) is 0 Å². The summed E-state index contributed by atoms with van der Waals surface area (Å²) >= 11 is 0.313. The average Bonchev–Trinajstić information content (AvgIpc) is 2.58. The lowest BCUT2D eigenvalue weighted by Crippen LogP contribution is -2.60. The van der Waals surface area contributed by atoms with E-state index in [2.05, 4.69) is 0 Å². The van der Waals surface area contributed by atoms with Crippen LogP contribution < -0.4 is 0 Å². The molecule has 2 aliphatic heterocycles. The van der Waals surface area contributed by atoms with Gasteiger partial charge in [-0.3, -0.25) is 4.79 Å². The normalized spacial score (nSPS) is 39.6. The molecule has 116 valence electrons. The molecule has 0 spiro atoms. The zero-order valence-electron chi connectivity index (χ0n) is 11.4. The summed E-state index contributed by atoms with van der Waals surface area (Å²) in [6.07, 6.45) is -5.33. The summed E-state index contributed by atoms with van der Waals surface area (Å²) < 4.78 is 49.6. The van der Waals surface area contributed by atoms with Gasteiger partial charge in [0.25, 0.3) is 0 Å². The fraction of sp³-hybridized carbons (Fsp3) is 0.917. The summed E-state index contributed by atoms with van der Waals surface area (Å²) in [5.41, 5.74) is -2.78. The van der Waals surface area contributed by atoms with Crippen molar-refractivity contribution in [2.45, 2.75) is 49.2 Å². The molecule has 2 bridgehead atoms. The minimum atomic E-state index is -4.66. The van der Waals surface area contributed by atoms with Gasteiger partial charge in [-0.2, -0.15) is 13.2 Å². The first-order valence-corrected chi connectivity index (χ1v) is 7.14. The van der Waals surface area contributed by atoms with Gasteiger partial charge in [-0.25, -0.2) is 0 Å². The predicted molar refractivity (Wildman–Crippen MR) is 66.1 cm³/mol. The molecule has 0 saturated carbocycles. The van der Waals surface area contributed by atoms with Crippen LogP contribution in [0.25, 0.3) is 0 Å². The molecule has 3 atom stereocenters. The third-order valence-electron chi connectivity index (χ3n) is 4.01. The van der Waals surface area contributed by atoms with Crippen LogP contribution in [0.5, 0.6) is 0 Å². The van der Waals surface area contributed by atoms with Gasteiger partial charge in [0.1, 0.15) is 5.25 Å². The van der Waals surface area contributed by atoms with Crippen molar-refractivity contribution >= 4 is 17.7 Å². The smallest absolute Gasteiger partial charge is 0.427 e. The molecule has 0 unspecified atom stereocenters. The van der Waals surface area contributed by atoms with Crippen molar-refractivity contribution in [3.05, 3.63) is 0 Å². The van der Waals surface area contributed by atoms with Gasteiger partial charge < -0.3 is 14.6 Å². The zero-order valence-corrected chi connectivity index (χ0v) is 12.2. The van der Waals surface area contributed by atoms with E-state index in [0.717, 1.165) is 0 Å². The number of alkyl halides is 3. The largest absolute Gasteiger partial charge is 0.465 e. The van der Waals surface area contributed by atoms with E-state index in [-0.39, 0.29) is 13.2 Å². The molecule has 0 aliphatic carbocycles. The maximum Gasteiger partial charge on any atom is 0.427 e. The highest BCUT2D eigenvalue weighted by molar-refractivity contribution is 8.02. The fourth-order valence-electron chi connectivity index (χ4n) is 2.59. The summed E-state index contributed by atoms with van der Waals surface area (Å²) in [4.78, 5) is 9.39. The molecular weight excluding hydrogens is 297 g/mol. The molecule has 2 rings (SSSR count). The molecule has 1 N–H and O–H groups in total. The number of ether oxygens (including phenoxy) is 2. The van der Waals surface area contributed by atoms with Crippen LogP contribution in [0, 0.1) is 5.41 Å². The van der Waals surface area contributed by atoms with Gasteiger partial charge >= 0.3 is 12.1 Å². The number of aliphatic hydroxyl groups is 1. The summed E-state index contributed by atoms with van der Waals surface area (Å²) in [5.74, 6) is -0.829. The van der Waals surface area contributed by atoms with Gasteiger partial charge in [-0.05, 0) is 6.92 Å². The Morgan fingerprint density at radius 1 is 1.50 bits per heavy atom. The van der Waals surface area contributed by atoms with Crippen LogP contribution in [0.2, 0.25) is 0 Å². The Kier molecular flexibility index (Phi) is 3.59. The van der Waals surface area contributed by atoms with Crippen LogP contribution in [0.15, 0.2) is 0 Å². The highest BCUT2D eigenvalue weighted by Gasteiger charge is 2.75. The molecule has 2 heterocycles. The Morgan fingerprint density at radius 2 is 2.10 bits per heavy atom. The number of carbonyl (C=O) groups is 1. The fourth-order valence-corrected chi connectivity index (χ4v) is 4.29. The third kappa shape index (κ3) is 2.03. The van der Waals surface area contributed by atoms with Crippen LogP contribution in [0.4, 0.5) is 13.2 Å². The zero-order chi connectivity index (χ0) is 15.4. The number of carbonyl (C=O) groups excluding carboxylic acids is 1. The number of halogens is 3. The van der Waals surface area contributed by atoms with E-state index in [1.54, 1.807) is 20.8 Å². The van der Waals surface area contributed by atoms with E-state index >= 15 is 0 Å². The maximum absolute atomic E-state index is 13.3. The Hall–Kier alpha value is -0.470. The van der Waals surface area contributed by atoms with Crippen LogP contribution in [-0.2, 0) is 14.3 Å². The molecule has 0 aromatic heterocycles. The second kappa shape index (κ2) is 4.51. The molecular formula is C12H17F3O4S. The van der Waals surface area contributed by atoms with Crippen LogP contribution in [0.3, 0.4) is 0 Å². The van der Waals surface area contributed by atoms with Crippen LogP contribution in [0.1, 0.15) is 27.2 Å². The van der Waals surface area contributed by atoms with Gasteiger partial charge in [-0.15, -0.1) is 0 Å². The van der Waals surface area contributed by atoms with E-state index < -0.39 is 39.8 Å². The van der Waals surface area contributed by atoms with Gasteiger partial charge in [0.15, 0.2) is 0 Å². The van der Waals surface area contributed by atoms with Crippen molar-refractivity contribution in [3.8, 4) is 0 Å². The number of hydrogen-bond donors (Lipinski definition) is 1. The van der Waals surface area contributed by atoms with Crippen molar-refractivity contribution in [1.29, 1.82) is 0 Å². The molecule has 0 amide bonds. The SMILES string of the molecule is CCOC(=O)[C@H]1S[C@]2(C(F)(F)F)C[C@]1(O)C(C)(C)CO2. The van der Waals surface area contributed by atoms with Crippen molar-refractivity contribution in [3.63, 3.8) is 0 Å². The monoisotopic (exact) mass is 314 g/mol. The first kappa shape index (κ1) is 15.9. The molecule has 20 heavy (non-hydrogen) atoms. The lowest BCUT2D eigenvalue weighted by molar-refractivity contribution is -0.287. The van der Waals surface area contributed by atoms with Gasteiger partial charge in [0, 0.05) is 11.8 Å². The quantitative estimate of drug-likeness (QED) is 0.791. The Morgan fingerprint density at radius 3 is 2.60 bits per heavy atom. The molecule has 2 saturated heterocycles. The molecule has 2 fully saturated rings. The molecule has 0 radical (unpaired) electrons. The standard InChI is InChI=1S/C12H17F3O4S/c1-4-18-8(16)7-10(17)5-11(20-7,12(13,14)15)19-6-9(10,2)3/h7,17H,4-6H2,1-3H3/t7-,10-,11+/m1/s1. The lowest BCUT2D eigenvalue weighted by atomic mass is 9.68. The Labute approximate surface area is 119 Å². The van der Waals surface area contributed by atoms with Crippen molar-refractivity contribution in [2.75, 3.05) is 13.2 Å². The number of rotatable bonds is 2. The Balaban J connectivity index is 2.43. The number of hydrogen-bond acceptors (Lipinski definition) is 5. The predicted octanol–water partition coefficient (Wildman–Crippen LogP) is 2.10. The van der Waals surface area contributed by atoms with Crippen molar-refractivity contribution in [1.82, 2.24) is 0 Å². The second-order valence-electron chi connectivity index (χ2n) is 5.77. The molecule has 8 heteroatoms. The Bertz CT molecular complexity index is 425. The molecule has 0 aromatic carbocycles. The van der Waals surface area contributed by atoms with E-state index in [4.69, 9.17) is 9.47 Å².